The number of aliphatic hydroxyl groups excluding tert-OH is 6. The van der Waals surface area contributed by atoms with E-state index in [-0.39, 0.29) is 12.3 Å². The molecule has 0 bridgehead atoms. The van der Waals surface area contributed by atoms with Crippen LogP contribution in [0.1, 0.15) is 12.8 Å². The van der Waals surface area contributed by atoms with Crippen molar-refractivity contribution in [2.24, 2.45) is 11.8 Å². The van der Waals surface area contributed by atoms with Crippen LogP contribution in [0, 0.1) is 11.8 Å². The number of ether oxygens (including phenoxy) is 3. The Kier molecular flexibility index (Phi) is 6.12. The van der Waals surface area contributed by atoms with Crippen LogP contribution >= 0.6 is 11.6 Å². The summed E-state index contributed by atoms with van der Waals surface area (Å²) in [6.07, 6.45) is -9.46. The smallest absolute Gasteiger partial charge is 0.189 e. The molecule has 152 valence electrons. The number of rotatable bonds is 4. The molecule has 2 heterocycles. The van der Waals surface area contributed by atoms with Gasteiger partial charge in [0.15, 0.2) is 12.6 Å². The van der Waals surface area contributed by atoms with Gasteiger partial charge in [0.2, 0.25) is 0 Å². The molecule has 2 aliphatic heterocycles. The molecular formula is C15H25ClO10. The van der Waals surface area contributed by atoms with E-state index in [0.717, 1.165) is 0 Å². The zero-order valence-electron chi connectivity index (χ0n) is 13.8. The van der Waals surface area contributed by atoms with Crippen molar-refractivity contribution in [3.63, 3.8) is 0 Å². The highest BCUT2D eigenvalue weighted by atomic mass is 35.5. The third-order valence-electron chi connectivity index (χ3n) is 5.62. The molecule has 2 saturated heterocycles. The van der Waals surface area contributed by atoms with Gasteiger partial charge in [-0.2, -0.15) is 0 Å². The van der Waals surface area contributed by atoms with Crippen LogP contribution < -0.4 is 0 Å². The first-order valence-corrected chi connectivity index (χ1v) is 8.93. The average Bonchev–Trinajstić information content (AvgIpc) is 2.86. The second kappa shape index (κ2) is 7.72. The SMILES string of the molecule is OC[C@@H]1O[C@H](O[C@@H]2O[C@H](Cl)C[C@H]3C[C@@H](O)[C@@](O)(CO)[C@H]32)[C@@H](O)[C@H](O)[C@H]1O. The Morgan fingerprint density at radius 3 is 2.27 bits per heavy atom. The van der Waals surface area contributed by atoms with E-state index in [4.69, 9.17) is 25.8 Å². The standard InChI is InChI=1S/C15H25ClO10/c16-8-2-5-1-7(19)15(23,4-18)9(5)13(25-8)26-14-12(22)11(21)10(20)6(3-17)24-14/h5-14,17-23H,1-4H2/t5-,6+,7-,8+,9-,10+,11-,12+,13+,14-,15+/m1/s1. The van der Waals surface area contributed by atoms with Gasteiger partial charge in [-0.15, -0.1) is 0 Å². The van der Waals surface area contributed by atoms with E-state index in [0.29, 0.717) is 6.42 Å². The summed E-state index contributed by atoms with van der Waals surface area (Å²) in [6.45, 7) is -1.36. The Morgan fingerprint density at radius 2 is 1.65 bits per heavy atom. The predicted molar refractivity (Wildman–Crippen MR) is 83.6 cm³/mol. The first-order chi connectivity index (χ1) is 12.2. The molecule has 1 saturated carbocycles. The second-order valence-electron chi connectivity index (χ2n) is 7.17. The van der Waals surface area contributed by atoms with Gasteiger partial charge >= 0.3 is 0 Å². The maximum Gasteiger partial charge on any atom is 0.189 e. The van der Waals surface area contributed by atoms with E-state index in [9.17, 15) is 35.7 Å². The molecule has 1 aliphatic carbocycles. The average molecular weight is 401 g/mol. The van der Waals surface area contributed by atoms with Gasteiger partial charge in [-0.1, -0.05) is 11.6 Å². The summed E-state index contributed by atoms with van der Waals surface area (Å²) >= 11 is 6.06. The Balaban J connectivity index is 1.80. The van der Waals surface area contributed by atoms with E-state index in [1.807, 2.05) is 0 Å². The van der Waals surface area contributed by atoms with Gasteiger partial charge in [-0.3, -0.25) is 0 Å². The minimum Gasteiger partial charge on any atom is -0.394 e. The zero-order chi connectivity index (χ0) is 19.2. The molecule has 0 aromatic heterocycles. The van der Waals surface area contributed by atoms with Crippen LogP contribution in [0.4, 0.5) is 0 Å². The fourth-order valence-corrected chi connectivity index (χ4v) is 4.46. The minimum atomic E-state index is -1.89. The molecule has 3 fully saturated rings. The van der Waals surface area contributed by atoms with Gasteiger partial charge in [0.25, 0.3) is 0 Å². The first kappa shape index (κ1) is 20.6. The molecule has 11 heteroatoms. The third kappa shape index (κ3) is 3.38. The summed E-state index contributed by atoms with van der Waals surface area (Å²) in [4.78, 5) is 0. The van der Waals surface area contributed by atoms with Crippen molar-refractivity contribution in [3.8, 4) is 0 Å². The lowest BCUT2D eigenvalue weighted by atomic mass is 9.82. The van der Waals surface area contributed by atoms with E-state index < -0.39 is 73.4 Å². The lowest BCUT2D eigenvalue weighted by molar-refractivity contribution is -0.362. The maximum absolute atomic E-state index is 10.7. The lowest BCUT2D eigenvalue weighted by Gasteiger charge is -2.46. The monoisotopic (exact) mass is 400 g/mol. The quantitative estimate of drug-likeness (QED) is 0.239. The molecule has 7 N–H and O–H groups in total. The minimum absolute atomic E-state index is 0.183. The van der Waals surface area contributed by atoms with Gasteiger partial charge in [-0.05, 0) is 18.8 Å². The van der Waals surface area contributed by atoms with Crippen LogP contribution in [0.15, 0.2) is 0 Å². The molecule has 10 nitrogen and oxygen atoms in total. The zero-order valence-corrected chi connectivity index (χ0v) is 14.6. The van der Waals surface area contributed by atoms with Crippen LogP contribution in [0.5, 0.6) is 0 Å². The molecular weight excluding hydrogens is 376 g/mol. The van der Waals surface area contributed by atoms with Crippen LogP contribution in [-0.4, -0.2) is 103 Å². The molecule has 0 unspecified atom stereocenters. The molecule has 0 aromatic rings. The fraction of sp³-hybridized carbons (Fsp3) is 1.00. The summed E-state index contributed by atoms with van der Waals surface area (Å²) in [7, 11) is 0. The van der Waals surface area contributed by atoms with Crippen molar-refractivity contribution in [2.75, 3.05) is 13.2 Å². The Hall–Kier alpha value is -0.110. The van der Waals surface area contributed by atoms with Crippen molar-refractivity contribution < 1.29 is 50.0 Å². The van der Waals surface area contributed by atoms with Crippen molar-refractivity contribution >= 4 is 11.6 Å². The summed E-state index contributed by atoms with van der Waals surface area (Å²) in [5.41, 5.74) is -2.68. The van der Waals surface area contributed by atoms with Crippen LogP contribution in [0.3, 0.4) is 0 Å². The highest BCUT2D eigenvalue weighted by molar-refractivity contribution is 6.19. The Labute approximate surface area is 154 Å². The van der Waals surface area contributed by atoms with Gasteiger partial charge in [0.1, 0.15) is 35.6 Å². The molecule has 0 spiro atoms. The molecule has 26 heavy (non-hydrogen) atoms. The Bertz CT molecular complexity index is 495. The van der Waals surface area contributed by atoms with Gasteiger partial charge < -0.3 is 50.0 Å². The fourth-order valence-electron chi connectivity index (χ4n) is 4.13. The molecule has 0 amide bonds. The molecule has 0 radical (unpaired) electrons. The summed E-state index contributed by atoms with van der Waals surface area (Å²) < 4.78 is 16.4. The summed E-state index contributed by atoms with van der Waals surface area (Å²) in [5, 5.41) is 69.4. The van der Waals surface area contributed by atoms with Crippen molar-refractivity contribution in [1.29, 1.82) is 0 Å². The van der Waals surface area contributed by atoms with E-state index in [1.54, 1.807) is 0 Å². The first-order valence-electron chi connectivity index (χ1n) is 8.49. The number of halogens is 1. The Morgan fingerprint density at radius 1 is 0.962 bits per heavy atom. The van der Waals surface area contributed by atoms with E-state index in [2.05, 4.69) is 0 Å². The van der Waals surface area contributed by atoms with Crippen molar-refractivity contribution in [2.45, 2.75) is 67.1 Å². The highest BCUT2D eigenvalue weighted by Gasteiger charge is 2.60. The second-order valence-corrected chi connectivity index (χ2v) is 7.66. The molecule has 3 aliphatic rings. The van der Waals surface area contributed by atoms with E-state index in [1.165, 1.54) is 0 Å². The lowest BCUT2D eigenvalue weighted by Crippen LogP contribution is -2.62. The van der Waals surface area contributed by atoms with Crippen molar-refractivity contribution in [3.05, 3.63) is 0 Å². The molecule has 11 atom stereocenters. The number of aliphatic hydroxyl groups is 7. The normalized spacial score (nSPS) is 54.9. The van der Waals surface area contributed by atoms with Gasteiger partial charge in [0, 0.05) is 5.92 Å². The van der Waals surface area contributed by atoms with Crippen molar-refractivity contribution in [1.82, 2.24) is 0 Å². The van der Waals surface area contributed by atoms with E-state index >= 15 is 0 Å². The number of hydrogen-bond acceptors (Lipinski definition) is 10. The van der Waals surface area contributed by atoms with Crippen LogP contribution in [0.25, 0.3) is 0 Å². The van der Waals surface area contributed by atoms with Gasteiger partial charge in [0.05, 0.1) is 19.3 Å². The van der Waals surface area contributed by atoms with Crippen LogP contribution in [-0.2, 0) is 14.2 Å². The van der Waals surface area contributed by atoms with Gasteiger partial charge in [-0.25, -0.2) is 0 Å². The maximum atomic E-state index is 10.7. The number of alkyl halides is 1. The third-order valence-corrected chi connectivity index (χ3v) is 5.90. The highest BCUT2D eigenvalue weighted by Crippen LogP contribution is 2.49. The number of hydrogen-bond donors (Lipinski definition) is 7. The molecule has 0 aromatic carbocycles. The molecule has 3 rings (SSSR count). The largest absolute Gasteiger partial charge is 0.394 e. The predicted octanol–water partition coefficient (Wildman–Crippen LogP) is -3.17. The van der Waals surface area contributed by atoms with Crippen LogP contribution in [0.2, 0.25) is 0 Å². The number of fused-ring (bicyclic) bond motifs is 1. The summed E-state index contributed by atoms with van der Waals surface area (Å²) in [5.74, 6) is -1.17. The topological polar surface area (TPSA) is 169 Å². The summed E-state index contributed by atoms with van der Waals surface area (Å²) in [6, 6.07) is 0.